The fourth-order valence-electron chi connectivity index (χ4n) is 1.67. The number of rotatable bonds is 11. The quantitative estimate of drug-likeness (QED) is 0.317. The highest BCUT2D eigenvalue weighted by Crippen LogP contribution is 2.15. The summed E-state index contributed by atoms with van der Waals surface area (Å²) in [5.41, 5.74) is 0. The van der Waals surface area contributed by atoms with Gasteiger partial charge in [0, 0.05) is 0 Å². The van der Waals surface area contributed by atoms with E-state index in [2.05, 4.69) is 15.0 Å². The third kappa shape index (κ3) is 10.7. The molecule has 0 aliphatic heterocycles. The Hall–Kier alpha value is -1.86. The smallest absolute Gasteiger partial charge is 0.211 e. The van der Waals surface area contributed by atoms with Gasteiger partial charge in [0.1, 0.15) is 0 Å². The van der Waals surface area contributed by atoms with Crippen molar-refractivity contribution in [3.8, 4) is 0 Å². The van der Waals surface area contributed by atoms with Gasteiger partial charge in [0.2, 0.25) is 18.2 Å². The summed E-state index contributed by atoms with van der Waals surface area (Å²) < 4.78 is 0. The van der Waals surface area contributed by atoms with Crippen molar-refractivity contribution in [2.45, 2.75) is 32.1 Å². The fourth-order valence-corrected chi connectivity index (χ4v) is 1.67. The molecule has 0 radical (unpaired) electrons. The van der Waals surface area contributed by atoms with Crippen LogP contribution in [0, 0.1) is 5.92 Å². The van der Waals surface area contributed by atoms with Gasteiger partial charge >= 0.3 is 0 Å². The van der Waals surface area contributed by atoms with E-state index in [1.165, 1.54) is 18.2 Å². The topological polar surface area (TPSA) is 88.3 Å². The summed E-state index contributed by atoms with van der Waals surface area (Å²) in [7, 11) is 0. The first-order valence-electron chi connectivity index (χ1n) is 5.96. The first-order chi connectivity index (χ1) is 8.85. The van der Waals surface area contributed by atoms with Crippen molar-refractivity contribution in [1.82, 2.24) is 0 Å². The second kappa shape index (κ2) is 13.2. The van der Waals surface area contributed by atoms with Gasteiger partial charge in [0.15, 0.2) is 0 Å². The van der Waals surface area contributed by atoms with Gasteiger partial charge in [-0.05, 0) is 31.6 Å². The van der Waals surface area contributed by atoms with E-state index in [1.54, 1.807) is 0 Å². The summed E-state index contributed by atoms with van der Waals surface area (Å²) in [4.78, 5) is 40.4. The highest BCUT2D eigenvalue weighted by atomic mass is 16.1. The van der Waals surface area contributed by atoms with Crippen LogP contribution in [0.25, 0.3) is 0 Å². The Morgan fingerprint density at radius 2 is 1.28 bits per heavy atom. The number of unbranched alkanes of at least 4 members (excludes halogenated alkanes) is 1. The van der Waals surface area contributed by atoms with Gasteiger partial charge in [0.25, 0.3) is 0 Å². The summed E-state index contributed by atoms with van der Waals surface area (Å²) in [6.07, 6.45) is 8.80. The molecule has 6 heteroatoms. The molecule has 18 heavy (non-hydrogen) atoms. The average Bonchev–Trinajstić information content (AvgIpc) is 2.39. The molecule has 0 aliphatic carbocycles. The van der Waals surface area contributed by atoms with Gasteiger partial charge in [-0.2, -0.15) is 0 Å². The van der Waals surface area contributed by atoms with Crippen molar-refractivity contribution < 1.29 is 14.4 Å². The Balaban J connectivity index is 3.85. The molecule has 0 heterocycles. The van der Waals surface area contributed by atoms with Crippen molar-refractivity contribution >= 4 is 18.2 Å². The van der Waals surface area contributed by atoms with E-state index >= 15 is 0 Å². The van der Waals surface area contributed by atoms with Crippen LogP contribution in [0.2, 0.25) is 0 Å². The Bertz CT molecular complexity index is 352. The Morgan fingerprint density at radius 3 is 1.89 bits per heavy atom. The fraction of sp³-hybridized carbons (Fsp3) is 0.750. The summed E-state index contributed by atoms with van der Waals surface area (Å²) in [6.45, 7) is 1.40. The molecule has 1 unspecified atom stereocenters. The predicted molar refractivity (Wildman–Crippen MR) is 65.5 cm³/mol. The number of isocyanates is 3. The Labute approximate surface area is 106 Å². The first-order valence-corrected chi connectivity index (χ1v) is 5.96. The molecule has 0 N–H and O–H groups in total. The molecule has 0 saturated heterocycles. The number of hydrogen-bond acceptors (Lipinski definition) is 6. The number of nitrogens with zero attached hydrogens (tertiary/aromatic N) is 3. The lowest BCUT2D eigenvalue weighted by atomic mass is 9.97. The monoisotopic (exact) mass is 251 g/mol. The van der Waals surface area contributed by atoms with Crippen LogP contribution in [0.5, 0.6) is 0 Å². The van der Waals surface area contributed by atoms with Crippen molar-refractivity contribution in [3.05, 3.63) is 0 Å². The van der Waals surface area contributed by atoms with Gasteiger partial charge in [0.05, 0.1) is 19.6 Å². The molecule has 98 valence electrons. The SMILES string of the molecule is O=C=NCCCCC(CCCN=C=O)CN=C=O. The van der Waals surface area contributed by atoms with E-state index in [4.69, 9.17) is 0 Å². The summed E-state index contributed by atoms with van der Waals surface area (Å²) >= 11 is 0. The van der Waals surface area contributed by atoms with Crippen LogP contribution in [0.1, 0.15) is 32.1 Å². The number of hydrogen-bond donors (Lipinski definition) is 0. The third-order valence-corrected chi connectivity index (χ3v) is 2.56. The van der Waals surface area contributed by atoms with Crippen LogP contribution >= 0.6 is 0 Å². The molecule has 0 aromatic carbocycles. The van der Waals surface area contributed by atoms with Crippen molar-refractivity contribution in [2.75, 3.05) is 19.6 Å². The molecule has 1 atom stereocenters. The van der Waals surface area contributed by atoms with Crippen molar-refractivity contribution in [1.29, 1.82) is 0 Å². The average molecular weight is 251 g/mol. The van der Waals surface area contributed by atoms with Crippen LogP contribution in [-0.2, 0) is 14.4 Å². The van der Waals surface area contributed by atoms with Crippen LogP contribution in [0.3, 0.4) is 0 Å². The number of aliphatic imine (C=N–C) groups is 3. The van der Waals surface area contributed by atoms with E-state index in [0.717, 1.165) is 32.1 Å². The Morgan fingerprint density at radius 1 is 0.722 bits per heavy atom. The molecule has 0 fully saturated rings. The van der Waals surface area contributed by atoms with Crippen LogP contribution in [0.15, 0.2) is 15.0 Å². The molecule has 0 aliphatic rings. The summed E-state index contributed by atoms with van der Waals surface area (Å²) in [5, 5.41) is 0. The molecule has 0 amide bonds. The van der Waals surface area contributed by atoms with Gasteiger partial charge in [-0.1, -0.05) is 6.42 Å². The minimum absolute atomic E-state index is 0.286. The maximum absolute atomic E-state index is 10.1. The molecular weight excluding hydrogens is 234 g/mol. The summed E-state index contributed by atoms with van der Waals surface area (Å²) in [5.74, 6) is 0.286. The van der Waals surface area contributed by atoms with Gasteiger partial charge < -0.3 is 0 Å². The maximum Gasteiger partial charge on any atom is 0.234 e. The summed E-state index contributed by atoms with van der Waals surface area (Å²) in [6, 6.07) is 0. The molecule has 0 spiro atoms. The van der Waals surface area contributed by atoms with Gasteiger partial charge in [-0.3, -0.25) is 0 Å². The molecule has 0 saturated carbocycles. The lowest BCUT2D eigenvalue weighted by molar-refractivity contribution is 0.430. The molecule has 0 bridgehead atoms. The predicted octanol–water partition coefficient (Wildman–Crippen LogP) is 1.56. The van der Waals surface area contributed by atoms with E-state index in [9.17, 15) is 14.4 Å². The highest BCUT2D eigenvalue weighted by Gasteiger charge is 2.07. The second-order valence-corrected chi connectivity index (χ2v) is 3.88. The third-order valence-electron chi connectivity index (χ3n) is 2.56. The van der Waals surface area contributed by atoms with E-state index in [0.29, 0.717) is 19.6 Å². The first kappa shape index (κ1) is 16.1. The molecule has 0 rings (SSSR count). The lowest BCUT2D eigenvalue weighted by Gasteiger charge is -2.12. The molecule has 0 aromatic heterocycles. The van der Waals surface area contributed by atoms with E-state index in [-0.39, 0.29) is 5.92 Å². The van der Waals surface area contributed by atoms with E-state index in [1.807, 2.05) is 0 Å². The maximum atomic E-state index is 10.1. The highest BCUT2D eigenvalue weighted by molar-refractivity contribution is 5.33. The zero-order valence-electron chi connectivity index (χ0n) is 10.3. The zero-order valence-corrected chi connectivity index (χ0v) is 10.3. The molecule has 6 nitrogen and oxygen atoms in total. The van der Waals surface area contributed by atoms with Gasteiger partial charge in [-0.15, -0.1) is 0 Å². The largest absolute Gasteiger partial charge is 0.234 e. The molecular formula is C12H17N3O3. The van der Waals surface area contributed by atoms with E-state index < -0.39 is 0 Å². The minimum atomic E-state index is 0.286. The van der Waals surface area contributed by atoms with Crippen molar-refractivity contribution in [3.63, 3.8) is 0 Å². The van der Waals surface area contributed by atoms with Crippen LogP contribution < -0.4 is 0 Å². The number of carbonyl (C=O) groups excluding carboxylic acids is 3. The molecule has 0 aromatic rings. The zero-order chi connectivity index (χ0) is 13.5. The standard InChI is InChI=1S/C12H17N3O3/c16-9-13-6-2-1-4-12(8-15-11-18)5-3-7-14-10-17/h12H,1-8H2. The second-order valence-electron chi connectivity index (χ2n) is 3.88. The van der Waals surface area contributed by atoms with Crippen LogP contribution in [0.4, 0.5) is 0 Å². The van der Waals surface area contributed by atoms with Crippen molar-refractivity contribution in [2.24, 2.45) is 20.9 Å². The normalized spacial score (nSPS) is 10.7. The lowest BCUT2D eigenvalue weighted by Crippen LogP contribution is -2.06. The van der Waals surface area contributed by atoms with Gasteiger partial charge in [-0.25, -0.2) is 29.4 Å². The minimum Gasteiger partial charge on any atom is -0.211 e. The Kier molecular flexibility index (Phi) is 11.8. The van der Waals surface area contributed by atoms with Crippen LogP contribution in [-0.4, -0.2) is 37.9 Å².